The van der Waals surface area contributed by atoms with Crippen molar-refractivity contribution >= 4 is 36.1 Å². The van der Waals surface area contributed by atoms with Crippen molar-refractivity contribution in [3.63, 3.8) is 0 Å². The number of aliphatic hydroxyl groups excluding tert-OH is 3. The molecule has 4 atom stereocenters. The summed E-state index contributed by atoms with van der Waals surface area (Å²) in [6, 6.07) is 8.34. The summed E-state index contributed by atoms with van der Waals surface area (Å²) in [5, 5.41) is 34.0. The van der Waals surface area contributed by atoms with E-state index in [1.165, 1.54) is 18.3 Å². The molecule has 0 saturated carbocycles. The minimum atomic E-state index is -3.38. The molecule has 0 aliphatic carbocycles. The van der Waals surface area contributed by atoms with E-state index < -0.39 is 50.3 Å². The van der Waals surface area contributed by atoms with Crippen molar-refractivity contribution in [3.05, 3.63) is 60.3 Å². The molecule has 1 aromatic carbocycles. The van der Waals surface area contributed by atoms with Crippen LogP contribution in [0.15, 0.2) is 59.8 Å². The van der Waals surface area contributed by atoms with Gasteiger partial charge in [-0.3, -0.25) is 0 Å². The second-order valence-electron chi connectivity index (χ2n) is 7.85. The van der Waals surface area contributed by atoms with Gasteiger partial charge in [0.1, 0.15) is 0 Å². The van der Waals surface area contributed by atoms with Crippen molar-refractivity contribution in [2.24, 2.45) is 4.99 Å². The van der Waals surface area contributed by atoms with Crippen LogP contribution >= 0.6 is 19.8 Å². The third kappa shape index (κ3) is 8.96. The number of hydroxylamine groups is 2. The van der Waals surface area contributed by atoms with E-state index in [2.05, 4.69) is 4.99 Å². The quantitative estimate of drug-likeness (QED) is 0.0855. The molecule has 4 unspecified atom stereocenters. The van der Waals surface area contributed by atoms with Crippen LogP contribution in [0.1, 0.15) is 43.5 Å². The number of aliphatic imine (C=N–C) groups is 1. The van der Waals surface area contributed by atoms with Crippen LogP contribution in [0.5, 0.6) is 0 Å². The molecule has 0 fully saturated rings. The van der Waals surface area contributed by atoms with E-state index in [1.807, 2.05) is 12.2 Å². The zero-order valence-corrected chi connectivity index (χ0v) is 23.0. The first-order chi connectivity index (χ1) is 17.3. The van der Waals surface area contributed by atoms with Crippen LogP contribution in [0.4, 0.5) is 4.79 Å². The first-order valence-corrected chi connectivity index (χ1v) is 15.4. The average Bonchev–Trinajstić information content (AvgIpc) is 2.87. The SMILES string of the molecule is CCOC(=O)I(C(O)CN1C=N/C=C/CC/C=C/C1O)C(C(O)CC)N(C)OC(=O)c1ccccc1. The molecule has 0 radical (unpaired) electrons. The second-order valence-corrected chi connectivity index (χ2v) is 13.4. The normalized spacial score (nSPS) is 20.7. The summed E-state index contributed by atoms with van der Waals surface area (Å²) in [6.45, 7) is 3.33. The Labute approximate surface area is 219 Å². The fourth-order valence-electron chi connectivity index (χ4n) is 3.32. The van der Waals surface area contributed by atoms with Gasteiger partial charge in [-0.15, -0.1) is 0 Å². The fraction of sp³-hybridized carbons (Fsp3) is 0.480. The van der Waals surface area contributed by atoms with Gasteiger partial charge in [0.25, 0.3) is 0 Å². The third-order valence-corrected chi connectivity index (χ3v) is 11.4. The van der Waals surface area contributed by atoms with Gasteiger partial charge in [0.15, 0.2) is 0 Å². The Morgan fingerprint density at radius 2 is 1.89 bits per heavy atom. The van der Waals surface area contributed by atoms with Crippen molar-refractivity contribution in [2.75, 3.05) is 20.2 Å². The van der Waals surface area contributed by atoms with E-state index >= 15 is 0 Å². The van der Waals surface area contributed by atoms with Gasteiger partial charge in [-0.2, -0.15) is 0 Å². The zero-order chi connectivity index (χ0) is 26.5. The molecule has 200 valence electrons. The second kappa shape index (κ2) is 15.7. The predicted octanol–water partition coefficient (Wildman–Crippen LogP) is 3.28. The van der Waals surface area contributed by atoms with E-state index in [4.69, 9.17) is 9.57 Å². The molecule has 11 heteroatoms. The van der Waals surface area contributed by atoms with Crippen molar-refractivity contribution in [2.45, 2.75) is 53.6 Å². The van der Waals surface area contributed by atoms with Gasteiger partial charge in [-0.25, -0.2) is 0 Å². The van der Waals surface area contributed by atoms with E-state index in [9.17, 15) is 24.9 Å². The Bertz CT molecular complexity index is 912. The minimum absolute atomic E-state index is 0.0866. The number of alkyl halides is 2. The Balaban J connectivity index is 2.34. The summed E-state index contributed by atoms with van der Waals surface area (Å²) in [5.41, 5.74) is 0.304. The molecule has 1 heterocycles. The number of likely N-dealkylation sites (N-methyl/N-ethyl adjacent to an activating group) is 1. The number of carbonyl (C=O) groups is 2. The van der Waals surface area contributed by atoms with Crippen LogP contribution in [0.2, 0.25) is 0 Å². The summed E-state index contributed by atoms with van der Waals surface area (Å²) < 4.78 is 2.43. The van der Waals surface area contributed by atoms with Gasteiger partial charge in [0.2, 0.25) is 0 Å². The van der Waals surface area contributed by atoms with Crippen LogP contribution < -0.4 is 0 Å². The van der Waals surface area contributed by atoms with Crippen LogP contribution in [0.25, 0.3) is 0 Å². The number of nitrogens with zero attached hydrogens (tertiary/aromatic N) is 3. The number of carbonyl (C=O) groups excluding carboxylic acids is 2. The predicted molar refractivity (Wildman–Crippen MR) is 145 cm³/mol. The fourth-order valence-corrected chi connectivity index (χ4v) is 9.19. The Kier molecular flexibility index (Phi) is 13.1. The molecule has 0 aromatic heterocycles. The summed E-state index contributed by atoms with van der Waals surface area (Å²) in [7, 11) is 1.45. The summed E-state index contributed by atoms with van der Waals surface area (Å²) >= 11 is -3.38. The van der Waals surface area contributed by atoms with Gasteiger partial charge < -0.3 is 0 Å². The number of allylic oxidation sites excluding steroid dienone is 2. The zero-order valence-electron chi connectivity index (χ0n) is 20.8. The van der Waals surface area contributed by atoms with Crippen molar-refractivity contribution < 1.29 is 34.5 Å². The first kappa shape index (κ1) is 29.9. The maximum atomic E-state index is 13.1. The number of hydrogen-bond donors (Lipinski definition) is 3. The molecule has 0 saturated heterocycles. The molecular weight excluding hydrogens is 581 g/mol. The third-order valence-electron chi connectivity index (χ3n) is 5.18. The van der Waals surface area contributed by atoms with Crippen LogP contribution in [0, 0.1) is 0 Å². The number of ether oxygens (including phenoxy) is 1. The summed E-state index contributed by atoms with van der Waals surface area (Å²) in [5.74, 6) is -0.656. The van der Waals surface area contributed by atoms with Crippen molar-refractivity contribution in [3.8, 4) is 0 Å². The number of hydrogen-bond acceptors (Lipinski definition) is 10. The van der Waals surface area contributed by atoms with E-state index in [-0.39, 0.29) is 19.6 Å². The molecule has 2 rings (SSSR count). The Hall–Kier alpha value is -2.32. The number of β-amino-alcohol motifs (C(OH)–C–C–N with tert-alkyl or cyclic N) is 1. The topological polar surface area (TPSA) is 132 Å². The van der Waals surface area contributed by atoms with Gasteiger partial charge in [-0.05, 0) is 0 Å². The Morgan fingerprint density at radius 1 is 1.19 bits per heavy atom. The van der Waals surface area contributed by atoms with Gasteiger partial charge in [-0.1, -0.05) is 0 Å². The standard InChI is InChI=1S/C25H36IN3O7/c1-4-20(30)23(28(3)36-24(33)19-13-9-8-10-14-19)26(25(34)35-5-2)21(31)17-29-18-27-16-12-7-6-11-15-22(29)32/h8-16,18,20-23,30-32H,4-7,17H2,1-3H3/b15-11+,16-12+,27-18?. The van der Waals surface area contributed by atoms with Crippen LogP contribution in [-0.4, -0.2) is 82.3 Å². The van der Waals surface area contributed by atoms with Gasteiger partial charge in [0, 0.05) is 0 Å². The molecule has 1 aromatic rings. The van der Waals surface area contributed by atoms with Crippen LogP contribution in [0.3, 0.4) is 0 Å². The molecule has 0 spiro atoms. The molecule has 10 nitrogen and oxygen atoms in total. The van der Waals surface area contributed by atoms with Gasteiger partial charge in [0.05, 0.1) is 0 Å². The number of benzene rings is 1. The maximum absolute atomic E-state index is 13.1. The van der Waals surface area contributed by atoms with Crippen molar-refractivity contribution in [1.29, 1.82) is 0 Å². The number of rotatable bonds is 11. The van der Waals surface area contributed by atoms with Crippen LogP contribution in [-0.2, 0) is 9.57 Å². The first-order valence-electron chi connectivity index (χ1n) is 11.8. The molecule has 3 N–H and O–H groups in total. The molecule has 1 aliphatic heterocycles. The average molecular weight is 617 g/mol. The molecule has 0 amide bonds. The summed E-state index contributed by atoms with van der Waals surface area (Å²) in [6.07, 6.45) is 7.91. The van der Waals surface area contributed by atoms with Crippen molar-refractivity contribution in [1.82, 2.24) is 9.96 Å². The monoisotopic (exact) mass is 617 g/mol. The Morgan fingerprint density at radius 3 is 2.56 bits per heavy atom. The molecule has 36 heavy (non-hydrogen) atoms. The number of halogens is 1. The number of aliphatic hydroxyl groups is 3. The van der Waals surface area contributed by atoms with E-state index in [0.717, 1.165) is 17.9 Å². The van der Waals surface area contributed by atoms with E-state index in [0.29, 0.717) is 5.56 Å². The summed E-state index contributed by atoms with van der Waals surface area (Å²) in [4.78, 5) is 36.9. The molecule has 1 aliphatic rings. The van der Waals surface area contributed by atoms with E-state index in [1.54, 1.807) is 56.5 Å². The molecular formula is C25H36IN3O7. The molecule has 0 bridgehead atoms. The van der Waals surface area contributed by atoms with Gasteiger partial charge >= 0.3 is 220 Å².